The number of carbonyl (C=O) groups is 1. The Morgan fingerprint density at radius 1 is 1.23 bits per heavy atom. The number of ether oxygens (including phenoxy) is 2. The van der Waals surface area contributed by atoms with Crippen molar-refractivity contribution in [3.05, 3.63) is 59.9 Å². The van der Waals surface area contributed by atoms with E-state index < -0.39 is 0 Å². The molecule has 1 amide bonds. The fourth-order valence-electron chi connectivity index (χ4n) is 3.24. The van der Waals surface area contributed by atoms with Gasteiger partial charge in [-0.2, -0.15) is 0 Å². The van der Waals surface area contributed by atoms with E-state index in [0.29, 0.717) is 26.2 Å². The second kappa shape index (κ2) is 7.12. The topological polar surface area (TPSA) is 60.7 Å². The molecule has 5 heteroatoms. The third-order valence-corrected chi connectivity index (χ3v) is 4.53. The Balaban J connectivity index is 1.40. The van der Waals surface area contributed by atoms with Crippen molar-refractivity contribution < 1.29 is 18.7 Å². The molecule has 26 heavy (non-hydrogen) atoms. The molecule has 5 nitrogen and oxygen atoms in total. The summed E-state index contributed by atoms with van der Waals surface area (Å²) in [6.07, 6.45) is 0.641. The number of rotatable bonds is 5. The van der Waals surface area contributed by atoms with Gasteiger partial charge in [-0.25, -0.2) is 0 Å². The molecule has 3 aromatic rings. The number of fused-ring (bicyclic) bond motifs is 2. The number of carbonyl (C=O) groups excluding carboxylic acids is 1. The summed E-state index contributed by atoms with van der Waals surface area (Å²) in [6.45, 7) is 3.31. The van der Waals surface area contributed by atoms with E-state index in [4.69, 9.17) is 13.9 Å². The Kier molecular flexibility index (Phi) is 4.52. The van der Waals surface area contributed by atoms with E-state index in [1.165, 1.54) is 0 Å². The number of nitrogens with one attached hydrogen (secondary N) is 1. The summed E-state index contributed by atoms with van der Waals surface area (Å²) in [4.78, 5) is 12.5. The molecule has 1 aromatic heterocycles. The van der Waals surface area contributed by atoms with Crippen LogP contribution < -0.4 is 14.8 Å². The molecule has 4 rings (SSSR count). The Labute approximate surface area is 151 Å². The molecule has 0 bridgehead atoms. The van der Waals surface area contributed by atoms with Crippen LogP contribution in [0.5, 0.6) is 11.5 Å². The predicted octanol–water partition coefficient (Wildman–Crippen LogP) is 3.70. The van der Waals surface area contributed by atoms with Crippen LogP contribution in [0.15, 0.2) is 52.9 Å². The first-order valence-corrected chi connectivity index (χ1v) is 8.86. The van der Waals surface area contributed by atoms with Crippen molar-refractivity contribution in [2.24, 2.45) is 5.92 Å². The van der Waals surface area contributed by atoms with Crippen LogP contribution in [0.25, 0.3) is 11.0 Å². The lowest BCUT2D eigenvalue weighted by atomic mass is 9.96. The van der Waals surface area contributed by atoms with Crippen molar-refractivity contribution >= 4 is 16.9 Å². The zero-order valence-electron chi connectivity index (χ0n) is 14.7. The van der Waals surface area contributed by atoms with E-state index >= 15 is 0 Å². The lowest BCUT2D eigenvalue weighted by Crippen LogP contribution is -2.36. The molecule has 1 N–H and O–H groups in total. The molecule has 0 spiro atoms. The highest BCUT2D eigenvalue weighted by Crippen LogP contribution is 2.31. The van der Waals surface area contributed by atoms with Crippen LogP contribution in [0.2, 0.25) is 0 Å². The number of para-hydroxylation sites is 1. The second-order valence-electron chi connectivity index (χ2n) is 6.38. The number of furan rings is 1. The SMILES string of the molecule is CCOc1ccc2c(c1)CC(C(=O)NCc1cc3ccccc3o1)CO2. The van der Waals surface area contributed by atoms with Crippen LogP contribution in [0.3, 0.4) is 0 Å². The quantitative estimate of drug-likeness (QED) is 0.761. The molecule has 134 valence electrons. The minimum absolute atomic E-state index is 0.0297. The molecule has 0 radical (unpaired) electrons. The molecule has 0 fully saturated rings. The highest BCUT2D eigenvalue weighted by molar-refractivity contribution is 5.80. The van der Waals surface area contributed by atoms with Gasteiger partial charge < -0.3 is 19.2 Å². The molecular formula is C21H21NO4. The van der Waals surface area contributed by atoms with Crippen LogP contribution in [0.4, 0.5) is 0 Å². The summed E-state index contributed by atoms with van der Waals surface area (Å²) in [5, 5.41) is 3.99. The molecule has 1 unspecified atom stereocenters. The van der Waals surface area contributed by atoms with Crippen molar-refractivity contribution in [2.75, 3.05) is 13.2 Å². The summed E-state index contributed by atoms with van der Waals surface area (Å²) in [5.74, 6) is 2.13. The lowest BCUT2D eigenvalue weighted by Gasteiger charge is -2.25. The summed E-state index contributed by atoms with van der Waals surface area (Å²) >= 11 is 0. The van der Waals surface area contributed by atoms with Crippen LogP contribution in [0.1, 0.15) is 18.2 Å². The van der Waals surface area contributed by atoms with Gasteiger partial charge in [-0.15, -0.1) is 0 Å². The van der Waals surface area contributed by atoms with Gasteiger partial charge in [-0.1, -0.05) is 18.2 Å². The predicted molar refractivity (Wildman–Crippen MR) is 98.4 cm³/mol. The fourth-order valence-corrected chi connectivity index (χ4v) is 3.24. The zero-order chi connectivity index (χ0) is 17.9. The standard InChI is InChI=1S/C21H21NO4/c1-2-24-17-7-8-19-15(11-17)9-16(13-25-19)21(23)22-12-18-10-14-5-3-4-6-20(14)26-18/h3-8,10-11,16H,2,9,12-13H2,1H3,(H,22,23). The average molecular weight is 351 g/mol. The number of hydrogen-bond donors (Lipinski definition) is 1. The Hall–Kier alpha value is -2.95. The Morgan fingerprint density at radius 2 is 2.12 bits per heavy atom. The smallest absolute Gasteiger partial charge is 0.227 e. The van der Waals surface area contributed by atoms with E-state index in [-0.39, 0.29) is 11.8 Å². The molecule has 0 saturated carbocycles. The van der Waals surface area contributed by atoms with Gasteiger partial charge in [-0.05, 0) is 49.2 Å². The third kappa shape index (κ3) is 3.38. The Bertz CT molecular complexity index is 898. The maximum Gasteiger partial charge on any atom is 0.227 e. The largest absolute Gasteiger partial charge is 0.494 e. The van der Waals surface area contributed by atoms with Crippen LogP contribution in [0, 0.1) is 5.92 Å². The van der Waals surface area contributed by atoms with Crippen molar-refractivity contribution in [1.82, 2.24) is 5.32 Å². The Morgan fingerprint density at radius 3 is 2.96 bits per heavy atom. The van der Waals surface area contributed by atoms with Crippen molar-refractivity contribution in [3.8, 4) is 11.5 Å². The van der Waals surface area contributed by atoms with E-state index in [1.54, 1.807) is 0 Å². The molecule has 1 aliphatic heterocycles. The third-order valence-electron chi connectivity index (χ3n) is 4.53. The van der Waals surface area contributed by atoms with E-state index in [0.717, 1.165) is 33.8 Å². The second-order valence-corrected chi connectivity index (χ2v) is 6.38. The highest BCUT2D eigenvalue weighted by atomic mass is 16.5. The van der Waals surface area contributed by atoms with E-state index in [2.05, 4.69) is 5.32 Å². The fraction of sp³-hybridized carbons (Fsp3) is 0.286. The molecule has 2 heterocycles. The van der Waals surface area contributed by atoms with Gasteiger partial charge in [0.15, 0.2) is 0 Å². The monoisotopic (exact) mass is 351 g/mol. The normalized spacial score (nSPS) is 16.0. The minimum atomic E-state index is -0.219. The number of benzene rings is 2. The van der Waals surface area contributed by atoms with Crippen molar-refractivity contribution in [2.45, 2.75) is 19.9 Å². The van der Waals surface area contributed by atoms with Gasteiger partial charge in [0.2, 0.25) is 5.91 Å². The molecule has 0 aliphatic carbocycles. The highest BCUT2D eigenvalue weighted by Gasteiger charge is 2.26. The molecule has 0 saturated heterocycles. The first-order valence-electron chi connectivity index (χ1n) is 8.86. The van der Waals surface area contributed by atoms with Gasteiger partial charge in [0.25, 0.3) is 0 Å². The maximum atomic E-state index is 12.5. The minimum Gasteiger partial charge on any atom is -0.494 e. The van der Waals surface area contributed by atoms with Crippen molar-refractivity contribution in [1.29, 1.82) is 0 Å². The van der Waals surface area contributed by atoms with Gasteiger partial charge in [0.05, 0.1) is 19.1 Å². The van der Waals surface area contributed by atoms with Crippen LogP contribution in [-0.4, -0.2) is 19.1 Å². The molecule has 1 atom stereocenters. The lowest BCUT2D eigenvalue weighted by molar-refractivity contribution is -0.126. The number of hydrogen-bond acceptors (Lipinski definition) is 4. The summed E-state index contributed by atoms with van der Waals surface area (Å²) < 4.78 is 17.0. The van der Waals surface area contributed by atoms with E-state index in [9.17, 15) is 4.79 Å². The van der Waals surface area contributed by atoms with Gasteiger partial charge >= 0.3 is 0 Å². The molecule has 1 aliphatic rings. The maximum absolute atomic E-state index is 12.5. The first kappa shape index (κ1) is 16.5. The molecular weight excluding hydrogens is 330 g/mol. The van der Waals surface area contributed by atoms with Gasteiger partial charge in [0.1, 0.15) is 29.4 Å². The summed E-state index contributed by atoms with van der Waals surface area (Å²) in [5.41, 5.74) is 1.83. The van der Waals surface area contributed by atoms with Crippen molar-refractivity contribution in [3.63, 3.8) is 0 Å². The van der Waals surface area contributed by atoms with Gasteiger partial charge in [0, 0.05) is 5.39 Å². The first-order chi connectivity index (χ1) is 12.7. The summed E-state index contributed by atoms with van der Waals surface area (Å²) in [7, 11) is 0. The van der Waals surface area contributed by atoms with Crippen LogP contribution in [-0.2, 0) is 17.8 Å². The van der Waals surface area contributed by atoms with E-state index in [1.807, 2.05) is 55.5 Å². The van der Waals surface area contributed by atoms with Gasteiger partial charge in [-0.3, -0.25) is 4.79 Å². The zero-order valence-corrected chi connectivity index (χ0v) is 14.7. The number of amides is 1. The molecule has 2 aromatic carbocycles. The van der Waals surface area contributed by atoms with Crippen LogP contribution >= 0.6 is 0 Å². The summed E-state index contributed by atoms with van der Waals surface area (Å²) in [6, 6.07) is 15.5. The average Bonchev–Trinajstić information content (AvgIpc) is 3.09.